The summed E-state index contributed by atoms with van der Waals surface area (Å²) in [5.74, 6) is 0.448. The lowest BCUT2D eigenvalue weighted by atomic mass is 10.00. The van der Waals surface area contributed by atoms with Crippen LogP contribution in [0.3, 0.4) is 0 Å². The Morgan fingerprint density at radius 1 is 1.36 bits per heavy atom. The van der Waals surface area contributed by atoms with E-state index in [0.29, 0.717) is 12.1 Å². The standard InChI is InChI=1S/C16H14BrClN2O2/c1-22-16(21)11-3-5-14(19-8-11)20-7-6-10-2-4-13(17)15(18)12(10)9-20/h2-5,8H,6-7,9H2,1H3. The minimum Gasteiger partial charge on any atom is -0.465 e. The van der Waals surface area contributed by atoms with Crippen LogP contribution in [0.5, 0.6) is 0 Å². The van der Waals surface area contributed by atoms with Crippen molar-refractivity contribution in [3.63, 3.8) is 0 Å². The highest BCUT2D eigenvalue weighted by atomic mass is 79.9. The third-order valence-electron chi connectivity index (χ3n) is 3.79. The van der Waals surface area contributed by atoms with Gasteiger partial charge < -0.3 is 9.64 Å². The topological polar surface area (TPSA) is 42.4 Å². The Bertz CT molecular complexity index is 719. The van der Waals surface area contributed by atoms with Crippen molar-refractivity contribution in [2.75, 3.05) is 18.6 Å². The number of hydrogen-bond acceptors (Lipinski definition) is 4. The highest BCUT2D eigenvalue weighted by Gasteiger charge is 2.21. The lowest BCUT2D eigenvalue weighted by Gasteiger charge is -2.30. The summed E-state index contributed by atoms with van der Waals surface area (Å²) in [5.41, 5.74) is 2.85. The molecule has 3 rings (SSSR count). The van der Waals surface area contributed by atoms with E-state index in [0.717, 1.165) is 33.8 Å². The Morgan fingerprint density at radius 2 is 2.18 bits per heavy atom. The second-order valence-corrected chi connectivity index (χ2v) is 6.30. The smallest absolute Gasteiger partial charge is 0.339 e. The van der Waals surface area contributed by atoms with E-state index >= 15 is 0 Å². The highest BCUT2D eigenvalue weighted by Crippen LogP contribution is 2.33. The van der Waals surface area contributed by atoms with Crippen LogP contribution < -0.4 is 4.90 Å². The summed E-state index contributed by atoms with van der Waals surface area (Å²) in [6.45, 7) is 1.58. The Balaban J connectivity index is 1.85. The molecule has 1 aromatic heterocycles. The first-order chi connectivity index (χ1) is 10.6. The van der Waals surface area contributed by atoms with Crippen molar-refractivity contribution in [2.24, 2.45) is 0 Å². The third kappa shape index (κ3) is 2.83. The van der Waals surface area contributed by atoms with Gasteiger partial charge >= 0.3 is 5.97 Å². The van der Waals surface area contributed by atoms with Crippen LogP contribution >= 0.6 is 27.5 Å². The van der Waals surface area contributed by atoms with E-state index in [1.54, 1.807) is 12.3 Å². The number of ether oxygens (including phenoxy) is 1. The first-order valence-electron chi connectivity index (χ1n) is 6.85. The molecule has 6 heteroatoms. The number of carbonyl (C=O) groups excluding carboxylic acids is 1. The van der Waals surface area contributed by atoms with Crippen molar-refractivity contribution in [1.82, 2.24) is 4.98 Å². The van der Waals surface area contributed by atoms with Gasteiger partial charge in [-0.1, -0.05) is 17.7 Å². The molecule has 1 aliphatic rings. The van der Waals surface area contributed by atoms with E-state index in [1.807, 2.05) is 12.1 Å². The van der Waals surface area contributed by atoms with Gasteiger partial charge in [-0.2, -0.15) is 0 Å². The van der Waals surface area contributed by atoms with Crippen LogP contribution in [0.1, 0.15) is 21.5 Å². The summed E-state index contributed by atoms with van der Waals surface area (Å²) >= 11 is 9.86. The first kappa shape index (κ1) is 15.3. The van der Waals surface area contributed by atoms with Crippen LogP contribution in [-0.4, -0.2) is 24.6 Å². The average molecular weight is 382 g/mol. The summed E-state index contributed by atoms with van der Waals surface area (Å²) in [6, 6.07) is 7.66. The molecule has 1 aromatic carbocycles. The van der Waals surface area contributed by atoms with Gasteiger partial charge in [0.15, 0.2) is 0 Å². The zero-order valence-corrected chi connectivity index (χ0v) is 14.3. The van der Waals surface area contributed by atoms with Gasteiger partial charge in [-0.25, -0.2) is 9.78 Å². The quantitative estimate of drug-likeness (QED) is 0.741. The normalized spacial score (nSPS) is 13.7. The molecule has 0 bridgehead atoms. The second-order valence-electron chi connectivity index (χ2n) is 5.07. The second kappa shape index (κ2) is 6.26. The molecule has 0 spiro atoms. The monoisotopic (exact) mass is 380 g/mol. The Hall–Kier alpha value is -1.59. The molecule has 4 nitrogen and oxygen atoms in total. The van der Waals surface area contributed by atoms with E-state index in [1.165, 1.54) is 12.7 Å². The largest absolute Gasteiger partial charge is 0.465 e. The van der Waals surface area contributed by atoms with Crippen molar-refractivity contribution < 1.29 is 9.53 Å². The van der Waals surface area contributed by atoms with Crippen LogP contribution in [0.4, 0.5) is 5.82 Å². The molecule has 0 fully saturated rings. The SMILES string of the molecule is COC(=O)c1ccc(N2CCc3ccc(Br)c(Cl)c3C2)nc1. The predicted molar refractivity (Wildman–Crippen MR) is 89.5 cm³/mol. The van der Waals surface area contributed by atoms with Gasteiger partial charge in [0.05, 0.1) is 17.7 Å². The fourth-order valence-electron chi connectivity index (χ4n) is 2.57. The van der Waals surface area contributed by atoms with Crippen molar-refractivity contribution >= 4 is 39.3 Å². The van der Waals surface area contributed by atoms with Crippen molar-refractivity contribution in [1.29, 1.82) is 0 Å². The number of halogens is 2. The van der Waals surface area contributed by atoms with Crippen molar-refractivity contribution in [3.8, 4) is 0 Å². The number of pyridine rings is 1. The molecule has 0 amide bonds. The van der Waals surface area contributed by atoms with Crippen LogP contribution in [0, 0.1) is 0 Å². The lowest BCUT2D eigenvalue weighted by molar-refractivity contribution is 0.0600. The first-order valence-corrected chi connectivity index (χ1v) is 8.02. The van der Waals surface area contributed by atoms with Gasteiger partial charge in [0, 0.05) is 23.8 Å². The molecule has 0 N–H and O–H groups in total. The maximum absolute atomic E-state index is 11.4. The van der Waals surface area contributed by atoms with Crippen LogP contribution in [0.25, 0.3) is 0 Å². The number of anilines is 1. The summed E-state index contributed by atoms with van der Waals surface area (Å²) in [5, 5.41) is 0.758. The number of carbonyl (C=O) groups is 1. The number of fused-ring (bicyclic) bond motifs is 1. The average Bonchev–Trinajstić information content (AvgIpc) is 2.57. The van der Waals surface area contributed by atoms with Gasteiger partial charge in [-0.15, -0.1) is 0 Å². The van der Waals surface area contributed by atoms with E-state index in [4.69, 9.17) is 11.6 Å². The third-order valence-corrected chi connectivity index (χ3v) is 5.11. The van der Waals surface area contributed by atoms with Crippen LogP contribution in [-0.2, 0) is 17.7 Å². The molecule has 2 aromatic rings. The zero-order chi connectivity index (χ0) is 15.7. The van der Waals surface area contributed by atoms with E-state index in [9.17, 15) is 4.79 Å². The summed E-state index contributed by atoms with van der Waals surface area (Å²) in [7, 11) is 1.36. The molecule has 0 aliphatic carbocycles. The number of hydrogen-bond donors (Lipinski definition) is 0. The molecule has 0 radical (unpaired) electrons. The summed E-state index contributed by atoms with van der Waals surface area (Å²) in [4.78, 5) is 18.0. The fourth-order valence-corrected chi connectivity index (χ4v) is 3.19. The van der Waals surface area contributed by atoms with Gasteiger partial charge in [0.2, 0.25) is 0 Å². The number of benzene rings is 1. The number of rotatable bonds is 2. The molecular formula is C16H14BrClN2O2. The highest BCUT2D eigenvalue weighted by molar-refractivity contribution is 9.10. The Morgan fingerprint density at radius 3 is 2.86 bits per heavy atom. The van der Waals surface area contributed by atoms with Gasteiger partial charge in [-0.3, -0.25) is 0 Å². The van der Waals surface area contributed by atoms with E-state index < -0.39 is 0 Å². The molecule has 0 atom stereocenters. The van der Waals surface area contributed by atoms with E-state index in [-0.39, 0.29) is 5.97 Å². The zero-order valence-electron chi connectivity index (χ0n) is 12.0. The minimum absolute atomic E-state index is 0.380. The van der Waals surface area contributed by atoms with Gasteiger partial charge in [0.1, 0.15) is 5.82 Å². The van der Waals surface area contributed by atoms with Crippen molar-refractivity contribution in [3.05, 3.63) is 56.6 Å². The maximum atomic E-state index is 11.4. The molecule has 0 unspecified atom stereocenters. The molecule has 22 heavy (non-hydrogen) atoms. The van der Waals surface area contributed by atoms with Crippen molar-refractivity contribution in [2.45, 2.75) is 13.0 Å². The Labute approximate surface area is 142 Å². The molecular weight excluding hydrogens is 368 g/mol. The summed E-state index contributed by atoms with van der Waals surface area (Å²) in [6.07, 6.45) is 2.46. The molecule has 114 valence electrons. The molecule has 0 saturated heterocycles. The number of aromatic nitrogens is 1. The molecule has 0 saturated carbocycles. The number of methoxy groups -OCH3 is 1. The Kier molecular flexibility index (Phi) is 4.36. The van der Waals surface area contributed by atoms with Crippen LogP contribution in [0.15, 0.2) is 34.9 Å². The molecule has 1 aliphatic heterocycles. The minimum atomic E-state index is -0.380. The molecule has 2 heterocycles. The van der Waals surface area contributed by atoms with E-state index in [2.05, 4.69) is 36.6 Å². The maximum Gasteiger partial charge on any atom is 0.339 e. The fraction of sp³-hybridized carbons (Fsp3) is 0.250. The van der Waals surface area contributed by atoms with Gasteiger partial charge in [-0.05, 0) is 51.7 Å². The predicted octanol–water partition coefficient (Wildman–Crippen LogP) is 3.85. The lowest BCUT2D eigenvalue weighted by Crippen LogP contribution is -2.31. The number of nitrogens with zero attached hydrogens (tertiary/aromatic N) is 2. The number of esters is 1. The summed E-state index contributed by atoms with van der Waals surface area (Å²) < 4.78 is 5.59. The van der Waals surface area contributed by atoms with Gasteiger partial charge in [0.25, 0.3) is 0 Å². The van der Waals surface area contributed by atoms with Crippen LogP contribution in [0.2, 0.25) is 5.02 Å².